The molecule has 0 radical (unpaired) electrons. The molecule has 0 aliphatic carbocycles. The molecule has 1 atom stereocenters. The quantitative estimate of drug-likeness (QED) is 0.651. The molecule has 3 aromatic carbocycles. The predicted molar refractivity (Wildman–Crippen MR) is 100 cm³/mol. The fraction of sp³-hybridized carbons (Fsp3) is 0.143. The van der Waals surface area contributed by atoms with Gasteiger partial charge in [0.05, 0.1) is 0 Å². The Morgan fingerprint density at radius 1 is 0.667 bits per heavy atom. The van der Waals surface area contributed by atoms with Crippen LogP contribution in [0, 0.1) is 0 Å². The Bertz CT molecular complexity index is 719. The zero-order valence-corrected chi connectivity index (χ0v) is 15.6. The molecule has 1 fully saturated rings. The number of hydrogen-bond donors (Lipinski definition) is 0. The molecule has 2 nitrogen and oxygen atoms in total. The van der Waals surface area contributed by atoms with Crippen molar-refractivity contribution in [2.45, 2.75) is 13.0 Å². The van der Waals surface area contributed by atoms with E-state index in [1.165, 1.54) is 0 Å². The van der Waals surface area contributed by atoms with Crippen molar-refractivity contribution in [1.82, 2.24) is 0 Å². The van der Waals surface area contributed by atoms with Crippen LogP contribution in [0.3, 0.4) is 0 Å². The Kier molecular flexibility index (Phi) is 3.84. The Morgan fingerprint density at radius 2 is 1.04 bits per heavy atom. The SMILES string of the molecule is CC1CO[As](c2ccccc2)(c2ccccc2)(c2ccccc2)O1. The number of benzene rings is 3. The van der Waals surface area contributed by atoms with Gasteiger partial charge in [0, 0.05) is 0 Å². The summed E-state index contributed by atoms with van der Waals surface area (Å²) in [5.41, 5.74) is 0. The molecule has 0 aromatic heterocycles. The predicted octanol–water partition coefficient (Wildman–Crippen LogP) is 2.54. The minimum atomic E-state index is -4.10. The molecule has 1 heterocycles. The van der Waals surface area contributed by atoms with Gasteiger partial charge >= 0.3 is 144 Å². The fourth-order valence-electron chi connectivity index (χ4n) is 3.60. The maximum absolute atomic E-state index is 6.85. The summed E-state index contributed by atoms with van der Waals surface area (Å²) in [6.07, 6.45) is 0.0663. The van der Waals surface area contributed by atoms with Gasteiger partial charge < -0.3 is 0 Å². The Hall–Kier alpha value is -1.86. The first-order chi connectivity index (χ1) is 11.8. The first-order valence-corrected chi connectivity index (χ1v) is 12.6. The molecule has 0 saturated carbocycles. The van der Waals surface area contributed by atoms with E-state index in [0.717, 1.165) is 13.1 Å². The van der Waals surface area contributed by atoms with E-state index in [2.05, 4.69) is 79.7 Å². The van der Waals surface area contributed by atoms with Crippen LogP contribution in [-0.2, 0) is 7.45 Å². The zero-order valence-electron chi connectivity index (χ0n) is 13.7. The first-order valence-electron chi connectivity index (χ1n) is 8.28. The standard InChI is InChI=1S/C21H21AsO2/c1-18-17-23-22(24-18,19-11-5-2-6-12-19,20-13-7-3-8-14-20)21-15-9-4-10-16-21/h2-16,18H,17H2,1H3. The van der Waals surface area contributed by atoms with Crippen molar-refractivity contribution in [3.63, 3.8) is 0 Å². The average molecular weight is 380 g/mol. The van der Waals surface area contributed by atoms with Crippen molar-refractivity contribution >= 4 is 26.2 Å². The molecule has 4 rings (SSSR count). The second kappa shape index (κ2) is 5.89. The summed E-state index contributed by atoms with van der Waals surface area (Å²) in [6, 6.07) is 31.5. The van der Waals surface area contributed by atoms with E-state index in [1.54, 1.807) is 0 Å². The molecule has 0 spiro atoms. The van der Waals surface area contributed by atoms with E-state index in [1.807, 2.05) is 18.2 Å². The third kappa shape index (κ3) is 2.11. The van der Waals surface area contributed by atoms with E-state index in [0.29, 0.717) is 6.61 Å². The monoisotopic (exact) mass is 380 g/mol. The Morgan fingerprint density at radius 3 is 1.33 bits per heavy atom. The zero-order chi connectivity index (χ0) is 16.5. The van der Waals surface area contributed by atoms with Gasteiger partial charge in [0.25, 0.3) is 0 Å². The van der Waals surface area contributed by atoms with Gasteiger partial charge in [-0.2, -0.15) is 0 Å². The summed E-state index contributed by atoms with van der Waals surface area (Å²) in [5, 5.41) is 0. The summed E-state index contributed by atoms with van der Waals surface area (Å²) in [7, 11) is 0. The Labute approximate surface area is 144 Å². The number of rotatable bonds is 3. The van der Waals surface area contributed by atoms with Crippen molar-refractivity contribution in [1.29, 1.82) is 0 Å². The molecule has 3 heteroatoms. The van der Waals surface area contributed by atoms with Gasteiger partial charge in [0.15, 0.2) is 0 Å². The van der Waals surface area contributed by atoms with Crippen LogP contribution in [0.5, 0.6) is 0 Å². The molecule has 0 bridgehead atoms. The molecule has 1 unspecified atom stereocenters. The number of hydrogen-bond acceptors (Lipinski definition) is 2. The van der Waals surface area contributed by atoms with Gasteiger partial charge in [-0.1, -0.05) is 0 Å². The normalized spacial score (nSPS) is 23.2. The Balaban J connectivity index is 2.13. The van der Waals surface area contributed by atoms with Crippen molar-refractivity contribution in [2.75, 3.05) is 6.61 Å². The van der Waals surface area contributed by atoms with Crippen LogP contribution >= 0.6 is 0 Å². The van der Waals surface area contributed by atoms with Crippen LogP contribution in [0.2, 0.25) is 0 Å². The van der Waals surface area contributed by atoms with Crippen molar-refractivity contribution in [3.8, 4) is 0 Å². The van der Waals surface area contributed by atoms with E-state index in [-0.39, 0.29) is 6.10 Å². The second-order valence-corrected chi connectivity index (χ2v) is 14.4. The first kappa shape index (κ1) is 15.7. The summed E-state index contributed by atoms with van der Waals surface area (Å²) in [6.45, 7) is 2.71. The van der Waals surface area contributed by atoms with Crippen LogP contribution in [0.15, 0.2) is 91.0 Å². The second-order valence-electron chi connectivity index (χ2n) is 6.18. The van der Waals surface area contributed by atoms with Gasteiger partial charge in [0.1, 0.15) is 0 Å². The topological polar surface area (TPSA) is 18.5 Å². The fourth-order valence-corrected chi connectivity index (χ4v) is 14.4. The van der Waals surface area contributed by atoms with E-state index < -0.39 is 13.1 Å². The molecule has 24 heavy (non-hydrogen) atoms. The molecule has 1 aliphatic rings. The minimum absolute atomic E-state index is 0.0663. The van der Waals surface area contributed by atoms with E-state index in [4.69, 9.17) is 7.45 Å². The summed E-state index contributed by atoms with van der Waals surface area (Å²) in [5.74, 6) is 0. The molecule has 1 aliphatic heterocycles. The maximum atomic E-state index is 6.85. The molecule has 122 valence electrons. The van der Waals surface area contributed by atoms with Crippen LogP contribution < -0.4 is 13.1 Å². The third-order valence-corrected chi connectivity index (χ3v) is 15.3. The van der Waals surface area contributed by atoms with Crippen LogP contribution in [-0.4, -0.2) is 25.8 Å². The van der Waals surface area contributed by atoms with Gasteiger partial charge in [0.2, 0.25) is 0 Å². The molecule has 0 amide bonds. The van der Waals surface area contributed by atoms with Crippen LogP contribution in [0.4, 0.5) is 0 Å². The van der Waals surface area contributed by atoms with Gasteiger partial charge in [-0.25, -0.2) is 0 Å². The van der Waals surface area contributed by atoms with Crippen molar-refractivity contribution in [2.24, 2.45) is 0 Å². The van der Waals surface area contributed by atoms with Crippen LogP contribution in [0.25, 0.3) is 0 Å². The van der Waals surface area contributed by atoms with E-state index >= 15 is 0 Å². The van der Waals surface area contributed by atoms with E-state index in [9.17, 15) is 0 Å². The molecule has 1 saturated heterocycles. The summed E-state index contributed by atoms with van der Waals surface area (Å²) < 4.78 is 17.1. The summed E-state index contributed by atoms with van der Waals surface area (Å²) >= 11 is -4.10. The molecular weight excluding hydrogens is 359 g/mol. The molecule has 3 aromatic rings. The van der Waals surface area contributed by atoms with Gasteiger partial charge in [-0.15, -0.1) is 0 Å². The summed E-state index contributed by atoms with van der Waals surface area (Å²) in [4.78, 5) is 0. The average Bonchev–Trinajstić information content (AvgIpc) is 3.04. The van der Waals surface area contributed by atoms with Gasteiger partial charge in [-0.05, 0) is 0 Å². The van der Waals surface area contributed by atoms with Crippen LogP contribution in [0.1, 0.15) is 6.92 Å². The van der Waals surface area contributed by atoms with Crippen molar-refractivity contribution < 1.29 is 7.45 Å². The third-order valence-electron chi connectivity index (χ3n) is 4.61. The molecular formula is C21H21AsO2. The van der Waals surface area contributed by atoms with Gasteiger partial charge in [-0.3, -0.25) is 0 Å². The molecule has 0 N–H and O–H groups in total. The van der Waals surface area contributed by atoms with Crippen molar-refractivity contribution in [3.05, 3.63) is 91.0 Å².